The fourth-order valence-corrected chi connectivity index (χ4v) is 5.48. The highest BCUT2D eigenvalue weighted by atomic mass is 16.3. The van der Waals surface area contributed by atoms with Crippen molar-refractivity contribution in [3.05, 3.63) is 72.9 Å². The second kappa shape index (κ2) is 38.3. The lowest BCUT2D eigenvalue weighted by Gasteiger charge is -2.22. The Morgan fingerprint density at radius 2 is 0.936 bits per heavy atom. The van der Waals surface area contributed by atoms with E-state index in [0.717, 1.165) is 70.6 Å². The molecule has 0 saturated carbocycles. The number of rotatable bonds is 34. The molecule has 0 aromatic carbocycles. The molecule has 4 nitrogen and oxygen atoms in total. The van der Waals surface area contributed by atoms with Gasteiger partial charge in [0.2, 0.25) is 5.91 Å². The van der Waals surface area contributed by atoms with Crippen molar-refractivity contribution in [3.8, 4) is 0 Å². The van der Waals surface area contributed by atoms with Gasteiger partial charge in [-0.1, -0.05) is 177 Å². The van der Waals surface area contributed by atoms with E-state index in [4.69, 9.17) is 0 Å². The van der Waals surface area contributed by atoms with Crippen molar-refractivity contribution in [2.24, 2.45) is 0 Å². The summed E-state index contributed by atoms with van der Waals surface area (Å²) in [6.45, 7) is 4.21. The molecule has 0 radical (unpaired) electrons. The minimum Gasteiger partial charge on any atom is -0.394 e. The number of allylic oxidation sites excluding steroid dienone is 12. The summed E-state index contributed by atoms with van der Waals surface area (Å²) < 4.78 is 0. The average Bonchev–Trinajstić information content (AvgIpc) is 3.07. The largest absolute Gasteiger partial charge is 0.394 e. The Kier molecular flexibility index (Phi) is 36.5. The van der Waals surface area contributed by atoms with Gasteiger partial charge in [-0.05, 0) is 64.2 Å². The summed E-state index contributed by atoms with van der Waals surface area (Å²) >= 11 is 0. The number of amides is 1. The lowest BCUT2D eigenvalue weighted by molar-refractivity contribution is -0.123. The number of hydrogen-bond donors (Lipinski definition) is 3. The van der Waals surface area contributed by atoms with Crippen molar-refractivity contribution >= 4 is 5.91 Å². The predicted molar refractivity (Wildman–Crippen MR) is 207 cm³/mol. The molecule has 270 valence electrons. The van der Waals surface area contributed by atoms with Gasteiger partial charge in [0.25, 0.3) is 0 Å². The smallest absolute Gasteiger partial charge is 0.220 e. The molecule has 0 rings (SSSR count). The second-order valence-electron chi connectivity index (χ2n) is 13.0. The first-order valence-corrected chi connectivity index (χ1v) is 19.6. The van der Waals surface area contributed by atoms with E-state index in [1.165, 1.54) is 77.0 Å². The van der Waals surface area contributed by atoms with Crippen molar-refractivity contribution < 1.29 is 15.0 Å². The first-order valence-electron chi connectivity index (χ1n) is 19.6. The minimum atomic E-state index is -0.680. The number of carbonyl (C=O) groups is 1. The van der Waals surface area contributed by atoms with Crippen LogP contribution in [0.15, 0.2) is 72.9 Å². The average molecular weight is 654 g/mol. The molecule has 0 aromatic rings. The summed E-state index contributed by atoms with van der Waals surface area (Å²) in [4.78, 5) is 12.3. The van der Waals surface area contributed by atoms with Gasteiger partial charge in [-0.25, -0.2) is 0 Å². The van der Waals surface area contributed by atoms with Gasteiger partial charge in [0.1, 0.15) is 0 Å². The Labute approximate surface area is 291 Å². The maximum absolute atomic E-state index is 12.3. The molecular formula is C43H75NO3. The Bertz CT molecular complexity index is 838. The highest BCUT2D eigenvalue weighted by Gasteiger charge is 2.19. The Morgan fingerprint density at radius 3 is 1.36 bits per heavy atom. The third-order valence-corrected chi connectivity index (χ3v) is 8.48. The van der Waals surface area contributed by atoms with E-state index in [1.807, 2.05) is 0 Å². The maximum atomic E-state index is 12.3. The zero-order valence-corrected chi connectivity index (χ0v) is 30.8. The van der Waals surface area contributed by atoms with Crippen LogP contribution in [0.2, 0.25) is 0 Å². The quantitative estimate of drug-likeness (QED) is 0.0478. The zero-order chi connectivity index (χ0) is 34.3. The van der Waals surface area contributed by atoms with E-state index in [2.05, 4.69) is 92.1 Å². The van der Waals surface area contributed by atoms with Crippen molar-refractivity contribution in [3.63, 3.8) is 0 Å². The van der Waals surface area contributed by atoms with Gasteiger partial charge in [0.05, 0.1) is 18.8 Å². The van der Waals surface area contributed by atoms with Crippen molar-refractivity contribution in [1.82, 2.24) is 5.32 Å². The van der Waals surface area contributed by atoms with Crippen molar-refractivity contribution in [2.75, 3.05) is 6.61 Å². The van der Waals surface area contributed by atoms with E-state index < -0.39 is 12.1 Å². The highest BCUT2D eigenvalue weighted by molar-refractivity contribution is 5.76. The monoisotopic (exact) mass is 654 g/mol. The normalized spacial score (nSPS) is 13.9. The summed E-state index contributed by atoms with van der Waals surface area (Å²) in [5, 5.41) is 23.1. The summed E-state index contributed by atoms with van der Waals surface area (Å²) in [5.74, 6) is -0.0770. The number of nitrogens with one attached hydrogen (secondary N) is 1. The van der Waals surface area contributed by atoms with Gasteiger partial charge < -0.3 is 15.5 Å². The molecule has 0 aliphatic carbocycles. The summed E-state index contributed by atoms with van der Waals surface area (Å²) in [5.41, 5.74) is 0. The minimum absolute atomic E-state index is 0.0770. The molecule has 1 amide bonds. The molecule has 0 bridgehead atoms. The molecule has 4 heteroatoms. The Balaban J connectivity index is 3.71. The molecule has 0 aliphatic rings. The van der Waals surface area contributed by atoms with Gasteiger partial charge in [-0.2, -0.15) is 0 Å². The Hall–Kier alpha value is -2.17. The van der Waals surface area contributed by atoms with Crippen LogP contribution in [-0.4, -0.2) is 34.9 Å². The summed E-state index contributed by atoms with van der Waals surface area (Å²) in [6.07, 6.45) is 53.9. The number of aliphatic hydroxyl groups excluding tert-OH is 2. The van der Waals surface area contributed by atoms with Crippen LogP contribution in [0.25, 0.3) is 0 Å². The summed E-state index contributed by atoms with van der Waals surface area (Å²) in [6, 6.07) is -0.562. The summed E-state index contributed by atoms with van der Waals surface area (Å²) in [7, 11) is 0. The van der Waals surface area contributed by atoms with Crippen LogP contribution in [0.3, 0.4) is 0 Å². The van der Waals surface area contributed by atoms with Gasteiger partial charge in [-0.3, -0.25) is 4.79 Å². The lowest BCUT2D eigenvalue weighted by Crippen LogP contribution is -2.45. The standard InChI is InChI=1S/C43H75NO3/c1-3-5-7-9-11-13-15-17-19-20-21-22-23-24-25-27-29-31-33-35-37-39-43(47)44-41(40-45)42(46)38-36-34-32-30-28-26-18-16-14-12-10-8-6-4-2/h5,7,11,13,17,19,21-22,24-25,29,31,41-42,45-46H,3-4,6,8-10,12,14-16,18,20,23,26-28,30,32-40H2,1-2H3,(H,44,47)/b7-5-,13-11-,19-17-,22-21-,25-24-,31-29-. The van der Waals surface area contributed by atoms with Crippen molar-refractivity contribution in [2.45, 2.75) is 187 Å². The molecule has 2 atom stereocenters. The third kappa shape index (κ3) is 35.0. The molecule has 2 unspecified atom stereocenters. The van der Waals surface area contributed by atoms with Gasteiger partial charge in [0, 0.05) is 6.42 Å². The number of aliphatic hydroxyl groups is 2. The third-order valence-electron chi connectivity index (χ3n) is 8.48. The SMILES string of the molecule is CC/C=C\C/C=C\C/C=C\C/C=C\C/C=C\C/C=C\CCCCC(=O)NC(CO)C(O)CCCCCCCCCCCCCCCC. The van der Waals surface area contributed by atoms with Crippen LogP contribution < -0.4 is 5.32 Å². The fourth-order valence-electron chi connectivity index (χ4n) is 5.48. The van der Waals surface area contributed by atoms with E-state index in [0.29, 0.717) is 12.8 Å². The molecule has 47 heavy (non-hydrogen) atoms. The first-order chi connectivity index (χ1) is 23.2. The van der Waals surface area contributed by atoms with E-state index >= 15 is 0 Å². The maximum Gasteiger partial charge on any atom is 0.220 e. The van der Waals surface area contributed by atoms with Gasteiger partial charge in [-0.15, -0.1) is 0 Å². The van der Waals surface area contributed by atoms with E-state index in [1.54, 1.807) is 0 Å². The highest BCUT2D eigenvalue weighted by Crippen LogP contribution is 2.14. The molecule has 0 spiro atoms. The van der Waals surface area contributed by atoms with Gasteiger partial charge >= 0.3 is 0 Å². The van der Waals surface area contributed by atoms with Crippen LogP contribution in [0, 0.1) is 0 Å². The van der Waals surface area contributed by atoms with Crippen LogP contribution in [0.4, 0.5) is 0 Å². The molecular weight excluding hydrogens is 578 g/mol. The molecule has 0 saturated heterocycles. The molecule has 0 fully saturated rings. The number of carbonyl (C=O) groups excluding carboxylic acids is 1. The van der Waals surface area contributed by atoms with Crippen LogP contribution in [-0.2, 0) is 4.79 Å². The van der Waals surface area contributed by atoms with E-state index in [-0.39, 0.29) is 12.5 Å². The van der Waals surface area contributed by atoms with Crippen LogP contribution >= 0.6 is 0 Å². The van der Waals surface area contributed by atoms with Crippen molar-refractivity contribution in [1.29, 1.82) is 0 Å². The lowest BCUT2D eigenvalue weighted by atomic mass is 10.0. The van der Waals surface area contributed by atoms with Crippen LogP contribution in [0.1, 0.15) is 174 Å². The molecule has 0 aliphatic heterocycles. The number of unbranched alkanes of at least 4 members (excludes halogenated alkanes) is 15. The topological polar surface area (TPSA) is 69.6 Å². The number of hydrogen-bond acceptors (Lipinski definition) is 3. The van der Waals surface area contributed by atoms with Crippen LogP contribution in [0.5, 0.6) is 0 Å². The first kappa shape index (κ1) is 44.8. The second-order valence-corrected chi connectivity index (χ2v) is 13.0. The Morgan fingerprint density at radius 1 is 0.532 bits per heavy atom. The fraction of sp³-hybridized carbons (Fsp3) is 0.698. The molecule has 0 heterocycles. The molecule has 0 aromatic heterocycles. The predicted octanol–water partition coefficient (Wildman–Crippen LogP) is 12.0. The zero-order valence-electron chi connectivity index (χ0n) is 30.8. The van der Waals surface area contributed by atoms with Gasteiger partial charge in [0.15, 0.2) is 0 Å². The molecule has 3 N–H and O–H groups in total. The van der Waals surface area contributed by atoms with E-state index in [9.17, 15) is 15.0 Å².